The lowest BCUT2D eigenvalue weighted by Gasteiger charge is -2.09. The Bertz CT molecular complexity index is 1050. The molecule has 1 saturated carbocycles. The second kappa shape index (κ2) is 6.72. The van der Waals surface area contributed by atoms with Crippen molar-refractivity contribution in [3.05, 3.63) is 58.0 Å². The summed E-state index contributed by atoms with van der Waals surface area (Å²) in [6, 6.07) is 8.71. The van der Waals surface area contributed by atoms with Gasteiger partial charge in [0.15, 0.2) is 0 Å². The van der Waals surface area contributed by atoms with Crippen LogP contribution >= 0.6 is 11.3 Å². The molecule has 2 aromatic heterocycles. The first-order chi connectivity index (χ1) is 12.6. The summed E-state index contributed by atoms with van der Waals surface area (Å²) in [6.07, 6.45) is 3.40. The number of benzene rings is 1. The van der Waals surface area contributed by atoms with Gasteiger partial charge in [0.2, 0.25) is 5.91 Å². The molecule has 0 bridgehead atoms. The molecule has 1 aliphatic rings. The third kappa shape index (κ3) is 3.50. The van der Waals surface area contributed by atoms with Gasteiger partial charge in [-0.2, -0.15) is 0 Å². The lowest BCUT2D eigenvalue weighted by atomic mass is 10.2. The van der Waals surface area contributed by atoms with Crippen molar-refractivity contribution in [3.63, 3.8) is 0 Å². The summed E-state index contributed by atoms with van der Waals surface area (Å²) < 4.78 is 1.27. The van der Waals surface area contributed by atoms with Crippen molar-refractivity contribution < 1.29 is 9.59 Å². The summed E-state index contributed by atoms with van der Waals surface area (Å²) in [5, 5.41) is 7.93. The Morgan fingerprint density at radius 1 is 1.27 bits per heavy atom. The standard InChI is InChI=1S/C18H16N4O3S/c23-15(9-22-10-19-17-14(18(22)25)6-7-26-17)20-13-3-1-2-11(8-13)16(24)21-12-4-5-12/h1-3,6-8,10,12H,4-5,9H2,(H,20,23)(H,21,24). The fraction of sp³-hybridized carbons (Fsp3) is 0.222. The minimum absolute atomic E-state index is 0.143. The van der Waals surface area contributed by atoms with Crippen LogP contribution in [0.25, 0.3) is 10.2 Å². The smallest absolute Gasteiger partial charge is 0.262 e. The summed E-state index contributed by atoms with van der Waals surface area (Å²) in [4.78, 5) is 41.5. The van der Waals surface area contributed by atoms with E-state index in [2.05, 4.69) is 15.6 Å². The minimum Gasteiger partial charge on any atom is -0.349 e. The lowest BCUT2D eigenvalue weighted by molar-refractivity contribution is -0.116. The van der Waals surface area contributed by atoms with E-state index < -0.39 is 0 Å². The van der Waals surface area contributed by atoms with Crippen LogP contribution < -0.4 is 16.2 Å². The molecule has 8 heteroatoms. The van der Waals surface area contributed by atoms with Gasteiger partial charge in [-0.1, -0.05) is 6.07 Å². The molecule has 0 atom stereocenters. The fourth-order valence-electron chi connectivity index (χ4n) is 2.60. The van der Waals surface area contributed by atoms with Crippen molar-refractivity contribution in [1.29, 1.82) is 0 Å². The average Bonchev–Trinajstić information content (AvgIpc) is 3.30. The van der Waals surface area contributed by atoms with Gasteiger partial charge in [-0.25, -0.2) is 4.98 Å². The molecule has 3 aromatic rings. The first-order valence-electron chi connectivity index (χ1n) is 8.23. The fourth-order valence-corrected chi connectivity index (χ4v) is 3.32. The maximum Gasteiger partial charge on any atom is 0.262 e. The zero-order valence-electron chi connectivity index (χ0n) is 13.8. The van der Waals surface area contributed by atoms with Gasteiger partial charge in [-0.15, -0.1) is 11.3 Å². The van der Waals surface area contributed by atoms with E-state index in [0.29, 0.717) is 21.5 Å². The lowest BCUT2D eigenvalue weighted by Crippen LogP contribution is -2.28. The van der Waals surface area contributed by atoms with Crippen LogP contribution in [0.2, 0.25) is 0 Å². The van der Waals surface area contributed by atoms with Crippen LogP contribution in [0.3, 0.4) is 0 Å². The number of carbonyl (C=O) groups excluding carboxylic acids is 2. The van der Waals surface area contributed by atoms with Crippen molar-refractivity contribution in [3.8, 4) is 0 Å². The van der Waals surface area contributed by atoms with E-state index in [4.69, 9.17) is 0 Å². The summed E-state index contributed by atoms with van der Waals surface area (Å²) >= 11 is 1.38. The topological polar surface area (TPSA) is 93.1 Å². The van der Waals surface area contributed by atoms with Gasteiger partial charge in [-0.05, 0) is 42.5 Å². The molecule has 26 heavy (non-hydrogen) atoms. The van der Waals surface area contributed by atoms with Gasteiger partial charge in [0.1, 0.15) is 11.4 Å². The normalized spacial score (nSPS) is 13.5. The first kappa shape index (κ1) is 16.5. The molecule has 1 fully saturated rings. The molecule has 0 radical (unpaired) electrons. The number of hydrogen-bond donors (Lipinski definition) is 2. The molecule has 0 aliphatic heterocycles. The monoisotopic (exact) mass is 368 g/mol. The Hall–Kier alpha value is -3.00. The molecule has 0 unspecified atom stereocenters. The predicted octanol–water partition coefficient (Wildman–Crippen LogP) is 1.99. The van der Waals surface area contributed by atoms with E-state index in [1.54, 1.807) is 35.7 Å². The second-order valence-corrected chi connectivity index (χ2v) is 7.09. The largest absolute Gasteiger partial charge is 0.349 e. The number of amides is 2. The zero-order valence-corrected chi connectivity index (χ0v) is 14.6. The van der Waals surface area contributed by atoms with Crippen LogP contribution in [0.15, 0.2) is 46.8 Å². The minimum atomic E-state index is -0.358. The molecule has 132 valence electrons. The molecule has 2 amide bonds. The van der Waals surface area contributed by atoms with Gasteiger partial charge in [0, 0.05) is 17.3 Å². The van der Waals surface area contributed by atoms with E-state index >= 15 is 0 Å². The SMILES string of the molecule is O=C(Cn1cnc2sccc2c1=O)Nc1cccc(C(=O)NC2CC2)c1. The Balaban J connectivity index is 1.46. The van der Waals surface area contributed by atoms with Crippen LogP contribution in [0.4, 0.5) is 5.69 Å². The molecule has 4 rings (SSSR count). The molecule has 2 heterocycles. The number of nitrogens with one attached hydrogen (secondary N) is 2. The van der Waals surface area contributed by atoms with Crippen LogP contribution in [0, 0.1) is 0 Å². The number of rotatable bonds is 5. The number of carbonyl (C=O) groups is 2. The molecule has 0 saturated heterocycles. The van der Waals surface area contributed by atoms with Crippen LogP contribution in [-0.4, -0.2) is 27.4 Å². The molecule has 7 nitrogen and oxygen atoms in total. The number of hydrogen-bond acceptors (Lipinski definition) is 5. The van der Waals surface area contributed by atoms with Gasteiger partial charge in [0.05, 0.1) is 11.7 Å². The van der Waals surface area contributed by atoms with Crippen molar-refractivity contribution in [2.45, 2.75) is 25.4 Å². The van der Waals surface area contributed by atoms with Crippen molar-refractivity contribution in [1.82, 2.24) is 14.9 Å². The maximum atomic E-state index is 12.3. The molecule has 1 aliphatic carbocycles. The number of thiophene rings is 1. The molecular weight excluding hydrogens is 352 g/mol. The van der Waals surface area contributed by atoms with Crippen molar-refractivity contribution in [2.75, 3.05) is 5.32 Å². The quantitative estimate of drug-likeness (QED) is 0.720. The first-order valence-corrected chi connectivity index (χ1v) is 9.11. The summed E-state index contributed by atoms with van der Waals surface area (Å²) in [7, 11) is 0. The highest BCUT2D eigenvalue weighted by Crippen LogP contribution is 2.20. The van der Waals surface area contributed by atoms with E-state index in [9.17, 15) is 14.4 Å². The third-order valence-electron chi connectivity index (χ3n) is 4.09. The van der Waals surface area contributed by atoms with Gasteiger partial charge in [0.25, 0.3) is 11.5 Å². The van der Waals surface area contributed by atoms with Crippen molar-refractivity contribution >= 4 is 39.1 Å². The van der Waals surface area contributed by atoms with Crippen LogP contribution in [0.1, 0.15) is 23.2 Å². The number of nitrogens with zero attached hydrogens (tertiary/aromatic N) is 2. The van der Waals surface area contributed by atoms with E-state index in [1.165, 1.54) is 22.2 Å². The Morgan fingerprint density at radius 2 is 2.12 bits per heavy atom. The summed E-state index contributed by atoms with van der Waals surface area (Å²) in [5.41, 5.74) is 0.758. The average molecular weight is 368 g/mol. The highest BCUT2D eigenvalue weighted by Gasteiger charge is 2.23. The van der Waals surface area contributed by atoms with Crippen LogP contribution in [0.5, 0.6) is 0 Å². The Morgan fingerprint density at radius 3 is 2.92 bits per heavy atom. The molecular formula is C18H16N4O3S. The Kier molecular flexibility index (Phi) is 4.26. The van der Waals surface area contributed by atoms with Crippen molar-refractivity contribution in [2.24, 2.45) is 0 Å². The zero-order chi connectivity index (χ0) is 18.1. The van der Waals surface area contributed by atoms with E-state index in [-0.39, 0.29) is 30.0 Å². The van der Waals surface area contributed by atoms with E-state index in [0.717, 1.165) is 12.8 Å². The number of aromatic nitrogens is 2. The van der Waals surface area contributed by atoms with Gasteiger partial charge >= 0.3 is 0 Å². The van der Waals surface area contributed by atoms with Crippen LogP contribution in [-0.2, 0) is 11.3 Å². The maximum absolute atomic E-state index is 12.3. The summed E-state index contributed by atoms with van der Waals surface area (Å²) in [5.74, 6) is -0.504. The number of fused-ring (bicyclic) bond motifs is 1. The highest BCUT2D eigenvalue weighted by molar-refractivity contribution is 7.16. The molecule has 2 N–H and O–H groups in total. The molecule has 0 spiro atoms. The summed E-state index contributed by atoms with van der Waals surface area (Å²) in [6.45, 7) is -0.143. The Labute approximate surface area is 152 Å². The van der Waals surface area contributed by atoms with E-state index in [1.807, 2.05) is 0 Å². The third-order valence-corrected chi connectivity index (χ3v) is 4.91. The number of anilines is 1. The second-order valence-electron chi connectivity index (χ2n) is 6.19. The molecule has 1 aromatic carbocycles. The highest BCUT2D eigenvalue weighted by atomic mass is 32.1. The van der Waals surface area contributed by atoms with Gasteiger partial charge in [-0.3, -0.25) is 19.0 Å². The van der Waals surface area contributed by atoms with Gasteiger partial charge < -0.3 is 10.6 Å². The predicted molar refractivity (Wildman–Crippen MR) is 99.4 cm³/mol.